The molecule has 0 atom stereocenters. The van der Waals surface area contributed by atoms with Gasteiger partial charge in [0.05, 0.1) is 0 Å². The van der Waals surface area contributed by atoms with E-state index in [9.17, 15) is 0 Å². The molecule has 0 unspecified atom stereocenters. The van der Waals surface area contributed by atoms with Crippen molar-refractivity contribution >= 4 is 12.3 Å². The minimum atomic E-state index is -2.08. The molecule has 11 heteroatoms. The van der Waals surface area contributed by atoms with Crippen molar-refractivity contribution in [2.45, 2.75) is 33.3 Å². The van der Waals surface area contributed by atoms with Crippen molar-refractivity contribution in [2.24, 2.45) is 0 Å². The van der Waals surface area contributed by atoms with Crippen LogP contribution in [-0.2, 0) is 0 Å². The summed E-state index contributed by atoms with van der Waals surface area (Å²) in [6.07, 6.45) is -3.46. The molecule has 9 nitrogen and oxygen atoms in total. The summed E-state index contributed by atoms with van der Waals surface area (Å²) in [6.45, 7) is 5.69. The van der Waals surface area contributed by atoms with Crippen LogP contribution in [0.1, 0.15) is 28.6 Å². The van der Waals surface area contributed by atoms with Gasteiger partial charge in [-0.25, -0.2) is 0 Å². The van der Waals surface area contributed by atoms with Crippen LogP contribution >= 0.6 is 0 Å². The summed E-state index contributed by atoms with van der Waals surface area (Å²) in [5, 5.41) is 46.5. The number of aliphatic hydroxyl groups excluding tert-OH is 2. The number of hydrogen-bond donors (Lipinski definition) is 5. The summed E-state index contributed by atoms with van der Waals surface area (Å²) >= 11 is 0. The zero-order chi connectivity index (χ0) is 14.1. The Morgan fingerprint density at radius 1 is 1.11 bits per heavy atom. The van der Waals surface area contributed by atoms with Gasteiger partial charge in [0.2, 0.25) is 12.3 Å². The molecular formula is C8H22NNa2O8. The Balaban J connectivity index is -0.0000000150. The average molecular weight is 306 g/mol. The molecule has 0 bridgehead atoms. The van der Waals surface area contributed by atoms with E-state index in [4.69, 9.17) is 40.2 Å². The Bertz CT molecular complexity index is 141. The summed E-state index contributed by atoms with van der Waals surface area (Å²) < 4.78 is 0. The molecule has 0 rings (SSSR count). The van der Waals surface area contributed by atoms with Gasteiger partial charge < -0.3 is 46.4 Å². The summed E-state index contributed by atoms with van der Waals surface area (Å²) in [6, 6.07) is 0. The Kier molecular flexibility index (Phi) is 96.4. The van der Waals surface area contributed by atoms with Gasteiger partial charge in [-0.1, -0.05) is 6.92 Å². The van der Waals surface area contributed by atoms with E-state index in [0.29, 0.717) is 6.61 Å². The maximum Gasteiger partial charge on any atom is 1.00 e. The second-order valence-electron chi connectivity index (χ2n) is 2.35. The van der Waals surface area contributed by atoms with Crippen LogP contribution in [0.25, 0.3) is 0 Å². The molecule has 0 aliphatic heterocycles. The van der Waals surface area contributed by atoms with Crippen LogP contribution in [0.2, 0.25) is 0 Å². The molecule has 0 aromatic carbocycles. The van der Waals surface area contributed by atoms with E-state index in [1.807, 2.05) is 6.92 Å². The molecule has 0 saturated carbocycles. The first-order valence-electron chi connectivity index (χ1n) is 4.20. The van der Waals surface area contributed by atoms with Crippen LogP contribution < -0.4 is 75.5 Å². The summed E-state index contributed by atoms with van der Waals surface area (Å²) in [5.41, 5.74) is 0. The summed E-state index contributed by atoms with van der Waals surface area (Å²) in [5.74, 6) is 0. The molecule has 0 saturated heterocycles. The van der Waals surface area contributed by atoms with Gasteiger partial charge in [0.1, 0.15) is 0 Å². The van der Waals surface area contributed by atoms with Crippen molar-refractivity contribution in [2.75, 3.05) is 6.61 Å². The van der Waals surface area contributed by atoms with Crippen LogP contribution in [0, 0.1) is 0 Å². The molecule has 1 radical (unpaired) electrons. The third kappa shape index (κ3) is 2460. The quantitative estimate of drug-likeness (QED) is 0.292. The topological polar surface area (TPSA) is 196 Å². The van der Waals surface area contributed by atoms with Gasteiger partial charge in [-0.3, -0.25) is 0 Å². The minimum Gasteiger partial charge on any atom is -0.565 e. The molecule has 0 aliphatic rings. The molecule has 109 valence electrons. The fourth-order valence-corrected chi connectivity index (χ4v) is 0. The van der Waals surface area contributed by atoms with Crippen molar-refractivity contribution in [3.05, 3.63) is 0 Å². The van der Waals surface area contributed by atoms with Crippen LogP contribution in [0.15, 0.2) is 0 Å². The smallest absolute Gasteiger partial charge is 0.565 e. The summed E-state index contributed by atoms with van der Waals surface area (Å²) in [7, 11) is 0. The van der Waals surface area contributed by atoms with Crippen molar-refractivity contribution in [3.63, 3.8) is 0 Å². The first-order chi connectivity index (χ1) is 7.11. The number of aliphatic hydroxyl groups is 2. The van der Waals surface area contributed by atoms with E-state index in [1.165, 1.54) is 0 Å². The van der Waals surface area contributed by atoms with Gasteiger partial charge in [-0.05, 0) is 20.3 Å². The molecule has 0 heterocycles. The first-order valence-corrected chi connectivity index (χ1v) is 4.20. The maximum atomic E-state index is 8.44. The Morgan fingerprint density at radius 2 is 1.16 bits per heavy atom. The number of carbonyl (C=O) groups is 2. The molecular weight excluding hydrogens is 284 g/mol. The van der Waals surface area contributed by atoms with Gasteiger partial charge in [0, 0.05) is 14.1 Å². The zero-order valence-electron chi connectivity index (χ0n) is 13.1. The van der Waals surface area contributed by atoms with E-state index in [2.05, 4.69) is 0 Å². The van der Waals surface area contributed by atoms with Crippen molar-refractivity contribution in [1.82, 2.24) is 6.15 Å². The largest absolute Gasteiger partial charge is 1.00 e. The SMILES string of the molecule is CC(C)O.CCCO.N.O=C([O-])O.O=C([O-])O.[H].[Na+].[Na+]. The van der Waals surface area contributed by atoms with Gasteiger partial charge in [0.25, 0.3) is 0 Å². The molecule has 0 amide bonds. The molecule has 0 aliphatic carbocycles. The molecule has 7 N–H and O–H groups in total. The average Bonchev–Trinajstić information content (AvgIpc) is 2.00. The van der Waals surface area contributed by atoms with Crippen LogP contribution in [0.5, 0.6) is 0 Å². The molecule has 0 spiro atoms. The Labute approximate surface area is 158 Å². The molecule has 19 heavy (non-hydrogen) atoms. The van der Waals surface area contributed by atoms with Gasteiger partial charge in [-0.15, -0.1) is 0 Å². The van der Waals surface area contributed by atoms with Crippen molar-refractivity contribution < 1.29 is 101 Å². The van der Waals surface area contributed by atoms with Gasteiger partial charge in [0.15, 0.2) is 0 Å². The van der Waals surface area contributed by atoms with Crippen molar-refractivity contribution in [1.29, 1.82) is 0 Å². The second-order valence-corrected chi connectivity index (χ2v) is 2.35. The predicted octanol–water partition coefficient (Wildman–Crippen LogP) is -7.17. The van der Waals surface area contributed by atoms with E-state index >= 15 is 0 Å². The molecule has 0 fully saturated rings. The van der Waals surface area contributed by atoms with E-state index < -0.39 is 12.3 Å². The number of hydrogen-bond acceptors (Lipinski definition) is 7. The second kappa shape index (κ2) is 42.9. The fraction of sp³-hybridized carbons (Fsp3) is 0.750. The first kappa shape index (κ1) is 42.7. The zero-order valence-corrected chi connectivity index (χ0v) is 16.1. The monoisotopic (exact) mass is 306 g/mol. The van der Waals surface area contributed by atoms with Crippen LogP contribution in [0.3, 0.4) is 0 Å². The van der Waals surface area contributed by atoms with E-state index in [0.717, 1.165) is 6.42 Å². The molecule has 0 aromatic heterocycles. The van der Waals surface area contributed by atoms with Crippen LogP contribution in [-0.4, -0.2) is 45.4 Å². The normalized spacial score (nSPS) is 6.00. The van der Waals surface area contributed by atoms with Crippen molar-refractivity contribution in [3.8, 4) is 0 Å². The number of carboxylic acid groups (broad SMARTS) is 4. The third-order valence-corrected chi connectivity index (χ3v) is 0.224. The van der Waals surface area contributed by atoms with Gasteiger partial charge >= 0.3 is 59.1 Å². The number of rotatable bonds is 1. The Hall–Kier alpha value is 0.420. The third-order valence-electron chi connectivity index (χ3n) is 0.224. The molecule has 0 aromatic rings. The van der Waals surface area contributed by atoms with E-state index in [-0.39, 0.29) is 72.8 Å². The fourth-order valence-electron chi connectivity index (χ4n) is 0. The standard InChI is InChI=1S/2C3H8O.2CH2O3.H3N.2Na.H/c1-3(2)4;1-2-3-4;2*2-1(3)4;;;;/h3-4H,1-2H3;4H,2-3H2,1H3;2*(H2,2,3,4);1H3;;;/q;;;;;2*+1;/p-2. The Morgan fingerprint density at radius 3 is 1.16 bits per heavy atom. The summed E-state index contributed by atoms with van der Waals surface area (Å²) in [4.78, 5) is 16.9. The van der Waals surface area contributed by atoms with Crippen LogP contribution in [0.4, 0.5) is 9.59 Å². The maximum absolute atomic E-state index is 8.44. The predicted molar refractivity (Wildman–Crippen MR) is 56.9 cm³/mol. The van der Waals surface area contributed by atoms with E-state index in [1.54, 1.807) is 13.8 Å². The minimum absolute atomic E-state index is 0. The van der Waals surface area contributed by atoms with Gasteiger partial charge in [-0.2, -0.15) is 0 Å².